The van der Waals surface area contributed by atoms with Crippen molar-refractivity contribution in [3.8, 4) is 17.2 Å². The predicted molar refractivity (Wildman–Crippen MR) is 61.8 cm³/mol. The highest BCUT2D eigenvalue weighted by atomic mass is 16.5. The van der Waals surface area contributed by atoms with E-state index in [0.717, 1.165) is 0 Å². The number of phenols is 2. The van der Waals surface area contributed by atoms with Crippen molar-refractivity contribution >= 4 is 5.97 Å². The van der Waals surface area contributed by atoms with Crippen molar-refractivity contribution in [2.45, 2.75) is 19.8 Å². The maximum atomic E-state index is 11.5. The van der Waals surface area contributed by atoms with E-state index < -0.39 is 5.97 Å². The second-order valence-corrected chi connectivity index (χ2v) is 3.89. The zero-order valence-corrected chi connectivity index (χ0v) is 10.3. The van der Waals surface area contributed by atoms with Crippen LogP contribution in [-0.2, 0) is 4.74 Å². The number of hydrogen-bond acceptors (Lipinski definition) is 5. The van der Waals surface area contributed by atoms with Gasteiger partial charge in [0.05, 0.1) is 14.2 Å². The molecule has 5 nitrogen and oxygen atoms in total. The van der Waals surface area contributed by atoms with E-state index in [1.165, 1.54) is 20.3 Å². The summed E-state index contributed by atoms with van der Waals surface area (Å²) < 4.78 is 9.53. The van der Waals surface area contributed by atoms with Gasteiger partial charge in [0.2, 0.25) is 0 Å². The Bertz CT molecular complexity index is 437. The Morgan fingerprint density at radius 1 is 1.29 bits per heavy atom. The number of ether oxygens (including phenoxy) is 2. The minimum absolute atomic E-state index is 0.00519. The maximum Gasteiger partial charge on any atom is 0.341 e. The van der Waals surface area contributed by atoms with Gasteiger partial charge in [0.15, 0.2) is 11.5 Å². The minimum Gasteiger partial charge on any atom is -0.507 e. The van der Waals surface area contributed by atoms with Crippen LogP contribution in [0.3, 0.4) is 0 Å². The molecule has 94 valence electrons. The molecule has 0 unspecified atom stereocenters. The molecule has 0 atom stereocenters. The lowest BCUT2D eigenvalue weighted by Gasteiger charge is -2.16. The summed E-state index contributed by atoms with van der Waals surface area (Å²) in [5, 5.41) is 19.8. The van der Waals surface area contributed by atoms with Crippen LogP contribution < -0.4 is 4.74 Å². The lowest BCUT2D eigenvalue weighted by atomic mass is 9.98. The van der Waals surface area contributed by atoms with Gasteiger partial charge >= 0.3 is 5.97 Å². The molecule has 0 heterocycles. The van der Waals surface area contributed by atoms with E-state index in [-0.39, 0.29) is 28.7 Å². The summed E-state index contributed by atoms with van der Waals surface area (Å²) in [6.45, 7) is 3.62. The number of carbonyl (C=O) groups excluding carboxylic acids is 1. The van der Waals surface area contributed by atoms with Crippen molar-refractivity contribution in [3.63, 3.8) is 0 Å². The molecule has 1 aromatic rings. The average molecular weight is 240 g/mol. The van der Waals surface area contributed by atoms with Gasteiger partial charge in [-0.1, -0.05) is 13.8 Å². The van der Waals surface area contributed by atoms with Gasteiger partial charge in [0, 0.05) is 5.56 Å². The Hall–Kier alpha value is -1.91. The van der Waals surface area contributed by atoms with Crippen LogP contribution in [0.5, 0.6) is 17.2 Å². The number of benzene rings is 1. The third-order valence-corrected chi connectivity index (χ3v) is 2.46. The number of aromatic hydroxyl groups is 2. The van der Waals surface area contributed by atoms with E-state index in [1.807, 2.05) is 13.8 Å². The van der Waals surface area contributed by atoms with Crippen molar-refractivity contribution in [1.82, 2.24) is 0 Å². The Morgan fingerprint density at radius 2 is 1.88 bits per heavy atom. The van der Waals surface area contributed by atoms with Gasteiger partial charge in [0.25, 0.3) is 0 Å². The van der Waals surface area contributed by atoms with Crippen molar-refractivity contribution in [2.75, 3.05) is 14.2 Å². The molecule has 0 aliphatic carbocycles. The van der Waals surface area contributed by atoms with E-state index in [0.29, 0.717) is 5.56 Å². The summed E-state index contributed by atoms with van der Waals surface area (Å²) in [6.07, 6.45) is 0. The Labute approximate surface area is 99.6 Å². The number of methoxy groups -OCH3 is 2. The largest absolute Gasteiger partial charge is 0.507 e. The lowest BCUT2D eigenvalue weighted by Crippen LogP contribution is -2.06. The van der Waals surface area contributed by atoms with Gasteiger partial charge in [-0.3, -0.25) is 0 Å². The van der Waals surface area contributed by atoms with Crippen LogP contribution in [0.4, 0.5) is 0 Å². The fourth-order valence-electron chi connectivity index (χ4n) is 1.69. The normalized spacial score (nSPS) is 10.4. The van der Waals surface area contributed by atoms with E-state index in [1.54, 1.807) is 0 Å². The van der Waals surface area contributed by atoms with Crippen LogP contribution >= 0.6 is 0 Å². The Morgan fingerprint density at radius 3 is 2.29 bits per heavy atom. The van der Waals surface area contributed by atoms with Gasteiger partial charge in [-0.2, -0.15) is 0 Å². The zero-order chi connectivity index (χ0) is 13.2. The summed E-state index contributed by atoms with van der Waals surface area (Å²) >= 11 is 0. The molecule has 0 aliphatic heterocycles. The van der Waals surface area contributed by atoms with Crippen LogP contribution in [0.25, 0.3) is 0 Å². The summed E-state index contributed by atoms with van der Waals surface area (Å²) in [4.78, 5) is 11.5. The first-order chi connectivity index (χ1) is 7.93. The topological polar surface area (TPSA) is 76.0 Å². The molecule has 0 saturated heterocycles. The van der Waals surface area contributed by atoms with E-state index in [9.17, 15) is 15.0 Å². The summed E-state index contributed by atoms with van der Waals surface area (Å²) in [7, 11) is 2.55. The second kappa shape index (κ2) is 4.95. The van der Waals surface area contributed by atoms with Crippen LogP contribution in [0, 0.1) is 0 Å². The monoisotopic (exact) mass is 240 g/mol. The molecule has 0 saturated carbocycles. The predicted octanol–water partition coefficient (Wildman–Crippen LogP) is 2.02. The lowest BCUT2D eigenvalue weighted by molar-refractivity contribution is 0.0595. The van der Waals surface area contributed by atoms with E-state index in [2.05, 4.69) is 4.74 Å². The third-order valence-electron chi connectivity index (χ3n) is 2.46. The first-order valence-electron chi connectivity index (χ1n) is 5.15. The minimum atomic E-state index is -0.678. The molecule has 0 radical (unpaired) electrons. The standard InChI is InChI=1S/C12H16O5/c1-6(2)9-8(13)5-7(12(15)17-4)11(16-3)10(9)14/h5-6,13-14H,1-4H3. The smallest absolute Gasteiger partial charge is 0.341 e. The molecule has 1 rings (SSSR count). The molecule has 0 spiro atoms. The first-order valence-corrected chi connectivity index (χ1v) is 5.15. The molecule has 0 amide bonds. The van der Waals surface area contributed by atoms with E-state index in [4.69, 9.17) is 4.74 Å². The molecule has 17 heavy (non-hydrogen) atoms. The van der Waals surface area contributed by atoms with Gasteiger partial charge < -0.3 is 19.7 Å². The molecule has 5 heteroatoms. The highest BCUT2D eigenvalue weighted by Crippen LogP contribution is 2.43. The van der Waals surface area contributed by atoms with Crippen molar-refractivity contribution in [1.29, 1.82) is 0 Å². The summed E-state index contributed by atoms with van der Waals surface area (Å²) in [5.74, 6) is -1.15. The Kier molecular flexibility index (Phi) is 3.83. The van der Waals surface area contributed by atoms with Gasteiger partial charge in [-0.15, -0.1) is 0 Å². The fraction of sp³-hybridized carbons (Fsp3) is 0.417. The number of hydrogen-bond donors (Lipinski definition) is 2. The molecule has 2 N–H and O–H groups in total. The third kappa shape index (κ3) is 2.27. The highest BCUT2D eigenvalue weighted by molar-refractivity contribution is 5.94. The first kappa shape index (κ1) is 13.2. The van der Waals surface area contributed by atoms with Gasteiger partial charge in [-0.05, 0) is 12.0 Å². The van der Waals surface area contributed by atoms with Gasteiger partial charge in [0.1, 0.15) is 11.3 Å². The molecule has 1 aromatic carbocycles. The highest BCUT2D eigenvalue weighted by Gasteiger charge is 2.24. The van der Waals surface area contributed by atoms with Crippen LogP contribution in [0.1, 0.15) is 35.7 Å². The molecule has 0 aliphatic rings. The molecule has 0 fully saturated rings. The molecular weight excluding hydrogens is 224 g/mol. The van der Waals surface area contributed by atoms with Crippen LogP contribution in [-0.4, -0.2) is 30.4 Å². The number of rotatable bonds is 3. The molecular formula is C12H16O5. The quantitative estimate of drug-likeness (QED) is 0.790. The SMILES string of the molecule is COC(=O)c1cc(O)c(C(C)C)c(O)c1OC. The second-order valence-electron chi connectivity index (χ2n) is 3.89. The van der Waals surface area contributed by atoms with Crippen molar-refractivity contribution in [3.05, 3.63) is 17.2 Å². The summed E-state index contributed by atoms with van der Waals surface area (Å²) in [5.41, 5.74) is 0.337. The van der Waals surface area contributed by atoms with Crippen molar-refractivity contribution < 1.29 is 24.5 Å². The Balaban J connectivity index is 3.52. The average Bonchev–Trinajstić information content (AvgIpc) is 2.26. The van der Waals surface area contributed by atoms with Crippen molar-refractivity contribution in [2.24, 2.45) is 0 Å². The van der Waals surface area contributed by atoms with Gasteiger partial charge in [-0.25, -0.2) is 4.79 Å². The maximum absolute atomic E-state index is 11.5. The van der Waals surface area contributed by atoms with E-state index >= 15 is 0 Å². The van der Waals surface area contributed by atoms with Crippen LogP contribution in [0.2, 0.25) is 0 Å². The molecule has 0 aromatic heterocycles. The van der Waals surface area contributed by atoms with Crippen LogP contribution in [0.15, 0.2) is 6.07 Å². The molecule has 0 bridgehead atoms. The summed E-state index contributed by atoms with van der Waals surface area (Å²) in [6, 6.07) is 1.24. The number of esters is 1. The number of carbonyl (C=O) groups is 1. The fourth-order valence-corrected chi connectivity index (χ4v) is 1.69. The zero-order valence-electron chi connectivity index (χ0n) is 10.3. The number of phenolic OH excluding ortho intramolecular Hbond substituents is 2.